The average molecular weight is 510 g/mol. The predicted octanol–water partition coefficient (Wildman–Crippen LogP) is 8.55. The fraction of sp³-hybridized carbons (Fsp3) is 0.333. The fourth-order valence-corrected chi connectivity index (χ4v) is 4.58. The third-order valence-electron chi connectivity index (χ3n) is 6.97. The van der Waals surface area contributed by atoms with Crippen molar-refractivity contribution in [1.29, 1.82) is 0 Å². The van der Waals surface area contributed by atoms with Gasteiger partial charge in [0, 0.05) is 0 Å². The van der Waals surface area contributed by atoms with Crippen molar-refractivity contribution in [3.8, 4) is 0 Å². The van der Waals surface area contributed by atoms with Crippen LogP contribution in [0.5, 0.6) is 0 Å². The van der Waals surface area contributed by atoms with Gasteiger partial charge in [-0.2, -0.15) is 92.0 Å². The van der Waals surface area contributed by atoms with Gasteiger partial charge in [-0.1, -0.05) is 68.2 Å². The van der Waals surface area contributed by atoms with E-state index in [9.17, 15) is 0 Å². The Morgan fingerprint density at radius 1 is 0.500 bits per heavy atom. The third kappa shape index (κ3) is 6.72. The van der Waals surface area contributed by atoms with E-state index < -0.39 is 0 Å². The Morgan fingerprint density at radius 2 is 0.719 bits per heavy atom. The van der Waals surface area contributed by atoms with Gasteiger partial charge in [0.2, 0.25) is 0 Å². The van der Waals surface area contributed by atoms with Gasteiger partial charge >= 0.3 is 34.1 Å². The zero-order valence-corrected chi connectivity index (χ0v) is 23.3. The molecule has 0 N–H and O–H groups in total. The molecule has 0 heterocycles. The maximum absolute atomic E-state index is 2.38. The first-order valence-electron chi connectivity index (χ1n) is 11.0. The maximum Gasteiger partial charge on any atom is 2.00 e. The van der Waals surface area contributed by atoms with Crippen LogP contribution in [0.3, 0.4) is 0 Å². The molecular weight excluding hydrogens is 472 g/mol. The van der Waals surface area contributed by atoms with Gasteiger partial charge < -0.3 is 0 Å². The van der Waals surface area contributed by atoms with E-state index in [4.69, 9.17) is 0 Å². The second-order valence-corrected chi connectivity index (χ2v) is 8.47. The second kappa shape index (κ2) is 13.9. The van der Waals surface area contributed by atoms with Gasteiger partial charge in [-0.05, 0) is 0 Å². The molecule has 0 bridgehead atoms. The van der Waals surface area contributed by atoms with E-state index >= 15 is 0 Å². The molecule has 0 spiro atoms. The van der Waals surface area contributed by atoms with Crippen LogP contribution in [0, 0.1) is 55.4 Å². The molecule has 0 aliphatic carbocycles. The third-order valence-corrected chi connectivity index (χ3v) is 6.97. The van der Waals surface area contributed by atoms with Crippen LogP contribution in [0.25, 0.3) is 0 Å². The van der Waals surface area contributed by atoms with Gasteiger partial charge in [0.1, 0.15) is 0 Å². The summed E-state index contributed by atoms with van der Waals surface area (Å²) in [6.45, 7) is 20.6. The standard InChI is InChI=1S/C20H28.2C5H5.2Fe/c1-10-11(2)15(6)19(14(10)5)18(9)20-16(7)12(3)13(4)17(20)8;2*1-2-4-5-3-1;;/h18H,1-9H3;2*1-5H;;/q-2;2*-1;2*+2. The summed E-state index contributed by atoms with van der Waals surface area (Å²) in [6, 6.07) is 20.0. The molecule has 4 rings (SSSR count). The Kier molecular flexibility index (Phi) is 13.2. The van der Waals surface area contributed by atoms with E-state index in [1.807, 2.05) is 60.7 Å². The molecule has 0 aliphatic heterocycles. The Balaban J connectivity index is 0.000000657. The van der Waals surface area contributed by atoms with Crippen LogP contribution in [0.2, 0.25) is 0 Å². The van der Waals surface area contributed by atoms with E-state index in [0.29, 0.717) is 5.92 Å². The maximum atomic E-state index is 2.38. The minimum absolute atomic E-state index is 0. The van der Waals surface area contributed by atoms with Crippen LogP contribution in [0.15, 0.2) is 60.7 Å². The molecule has 0 fully saturated rings. The molecule has 0 atom stereocenters. The Bertz CT molecular complexity index is 852. The predicted molar refractivity (Wildman–Crippen MR) is 134 cm³/mol. The van der Waals surface area contributed by atoms with Crippen molar-refractivity contribution in [3.63, 3.8) is 0 Å². The van der Waals surface area contributed by atoms with Gasteiger partial charge in [0.25, 0.3) is 0 Å². The molecule has 2 heteroatoms. The zero-order valence-electron chi connectivity index (χ0n) is 21.1. The monoisotopic (exact) mass is 510 g/mol. The average Bonchev–Trinajstić information content (AvgIpc) is 3.53. The van der Waals surface area contributed by atoms with E-state index in [2.05, 4.69) is 62.3 Å². The van der Waals surface area contributed by atoms with Crippen molar-refractivity contribution in [1.82, 2.24) is 0 Å². The molecule has 4 aromatic rings. The topological polar surface area (TPSA) is 0 Å². The molecule has 0 nitrogen and oxygen atoms in total. The molecular formula is C30H38Fe2. The zero-order chi connectivity index (χ0) is 22.4. The molecule has 0 amide bonds. The van der Waals surface area contributed by atoms with Crippen molar-refractivity contribution < 1.29 is 34.1 Å². The van der Waals surface area contributed by atoms with Crippen molar-refractivity contribution in [2.75, 3.05) is 0 Å². The van der Waals surface area contributed by atoms with Crippen LogP contribution in [-0.2, 0) is 34.1 Å². The van der Waals surface area contributed by atoms with Crippen molar-refractivity contribution >= 4 is 0 Å². The largest absolute Gasteiger partial charge is 2.00 e. The summed E-state index contributed by atoms with van der Waals surface area (Å²) < 4.78 is 0. The van der Waals surface area contributed by atoms with Crippen molar-refractivity contribution in [2.45, 2.75) is 68.2 Å². The van der Waals surface area contributed by atoms with Crippen LogP contribution in [0.1, 0.15) is 68.5 Å². The summed E-state index contributed by atoms with van der Waals surface area (Å²) in [5.41, 5.74) is 14.9. The SMILES string of the molecule is Cc1c(C)c(C)[c-](C(C)[c-]2c(C)c(C)c(C)c2C)c1C.[Fe+2].[Fe+2].c1cc[cH-]c1.c1cc[cH-]c1. The van der Waals surface area contributed by atoms with Crippen LogP contribution >= 0.6 is 0 Å². The van der Waals surface area contributed by atoms with Crippen LogP contribution in [0.4, 0.5) is 0 Å². The summed E-state index contributed by atoms with van der Waals surface area (Å²) in [6.07, 6.45) is 0. The molecule has 0 saturated carbocycles. The van der Waals surface area contributed by atoms with Crippen LogP contribution in [-0.4, -0.2) is 0 Å². The first-order chi connectivity index (χ1) is 14.2. The first kappa shape index (κ1) is 30.4. The van der Waals surface area contributed by atoms with Gasteiger partial charge in [0.15, 0.2) is 0 Å². The molecule has 4 aromatic carbocycles. The van der Waals surface area contributed by atoms with Gasteiger partial charge in [-0.15, -0.1) is 0 Å². The van der Waals surface area contributed by atoms with E-state index in [1.54, 1.807) is 11.1 Å². The van der Waals surface area contributed by atoms with Gasteiger partial charge in [0.05, 0.1) is 0 Å². The van der Waals surface area contributed by atoms with Crippen molar-refractivity contribution in [2.24, 2.45) is 0 Å². The van der Waals surface area contributed by atoms with Gasteiger partial charge in [-0.3, -0.25) is 0 Å². The van der Waals surface area contributed by atoms with Crippen molar-refractivity contribution in [3.05, 3.63) is 116 Å². The van der Waals surface area contributed by atoms with E-state index in [0.717, 1.165) is 0 Å². The number of hydrogen-bond donors (Lipinski definition) is 0. The Morgan fingerprint density at radius 3 is 0.875 bits per heavy atom. The number of rotatable bonds is 2. The molecule has 32 heavy (non-hydrogen) atoms. The minimum atomic E-state index is 0. The molecule has 0 unspecified atom stereocenters. The smallest absolute Gasteiger partial charge is 0.214 e. The van der Waals surface area contributed by atoms with Crippen LogP contribution < -0.4 is 0 Å². The quantitative estimate of drug-likeness (QED) is 0.187. The molecule has 0 aliphatic rings. The van der Waals surface area contributed by atoms with E-state index in [1.165, 1.54) is 44.5 Å². The van der Waals surface area contributed by atoms with Gasteiger partial charge in [-0.25, -0.2) is 24.3 Å². The summed E-state index contributed by atoms with van der Waals surface area (Å²) >= 11 is 0. The summed E-state index contributed by atoms with van der Waals surface area (Å²) in [4.78, 5) is 0. The Labute approximate surface area is 217 Å². The minimum Gasteiger partial charge on any atom is -0.214 e. The summed E-state index contributed by atoms with van der Waals surface area (Å²) in [5, 5.41) is 0. The Hall–Kier alpha value is -1.56. The summed E-state index contributed by atoms with van der Waals surface area (Å²) in [5.74, 6) is 0.495. The fourth-order valence-electron chi connectivity index (χ4n) is 4.58. The molecule has 0 radical (unpaired) electrons. The molecule has 0 saturated heterocycles. The normalized spacial score (nSPS) is 9.81. The first-order valence-corrected chi connectivity index (χ1v) is 11.0. The summed E-state index contributed by atoms with van der Waals surface area (Å²) in [7, 11) is 0. The molecule has 174 valence electrons. The second-order valence-electron chi connectivity index (χ2n) is 8.47. The molecule has 0 aromatic heterocycles. The van der Waals surface area contributed by atoms with E-state index in [-0.39, 0.29) is 34.1 Å². The number of hydrogen-bond acceptors (Lipinski definition) is 0.